The number of anilines is 2. The fraction of sp³-hybridized carbons (Fsp3) is 0.765. The molecule has 0 saturated carbocycles. The van der Waals surface area contributed by atoms with Gasteiger partial charge in [-0.25, -0.2) is 9.97 Å². The van der Waals surface area contributed by atoms with Crippen LogP contribution in [0.3, 0.4) is 0 Å². The zero-order valence-electron chi connectivity index (χ0n) is 14.2. The van der Waals surface area contributed by atoms with Crippen LogP contribution in [0.25, 0.3) is 0 Å². The molecule has 1 aromatic rings. The summed E-state index contributed by atoms with van der Waals surface area (Å²) in [5.41, 5.74) is -0.101. The smallest absolute Gasteiger partial charge is 0.134 e. The molecular formula is C17H28N4O2. The summed E-state index contributed by atoms with van der Waals surface area (Å²) in [5, 5.41) is 9.42. The third-order valence-electron chi connectivity index (χ3n) is 5.15. The lowest BCUT2D eigenvalue weighted by molar-refractivity contribution is -0.0443. The summed E-state index contributed by atoms with van der Waals surface area (Å²) in [6.45, 7) is 8.93. The molecule has 3 heterocycles. The Bertz CT molecular complexity index is 527. The van der Waals surface area contributed by atoms with Crippen molar-refractivity contribution in [1.29, 1.82) is 0 Å². The predicted molar refractivity (Wildman–Crippen MR) is 90.9 cm³/mol. The van der Waals surface area contributed by atoms with E-state index in [2.05, 4.69) is 39.7 Å². The summed E-state index contributed by atoms with van der Waals surface area (Å²) in [5.74, 6) is 2.30. The van der Waals surface area contributed by atoms with Gasteiger partial charge in [0.15, 0.2) is 0 Å². The van der Waals surface area contributed by atoms with Crippen LogP contribution in [0, 0.1) is 5.92 Å². The van der Waals surface area contributed by atoms with Crippen LogP contribution in [-0.2, 0) is 4.74 Å². The molecule has 2 saturated heterocycles. The highest BCUT2D eigenvalue weighted by Crippen LogP contribution is 2.27. The van der Waals surface area contributed by atoms with Gasteiger partial charge in [0.05, 0.1) is 12.2 Å². The summed E-state index contributed by atoms with van der Waals surface area (Å²) in [6, 6.07) is 2.08. The molecule has 6 nitrogen and oxygen atoms in total. The number of hydrogen-bond donors (Lipinski definition) is 1. The van der Waals surface area contributed by atoms with Crippen molar-refractivity contribution < 1.29 is 9.84 Å². The van der Waals surface area contributed by atoms with Crippen molar-refractivity contribution in [1.82, 2.24) is 9.97 Å². The highest BCUT2D eigenvalue weighted by Gasteiger charge is 2.31. The van der Waals surface area contributed by atoms with E-state index in [-0.39, 0.29) is 12.2 Å². The number of ether oxygens (including phenoxy) is 1. The molecule has 3 rings (SSSR count). The van der Waals surface area contributed by atoms with Crippen LogP contribution in [0.1, 0.15) is 33.1 Å². The van der Waals surface area contributed by atoms with Crippen molar-refractivity contribution in [3.8, 4) is 0 Å². The van der Waals surface area contributed by atoms with Gasteiger partial charge in [-0.3, -0.25) is 0 Å². The molecule has 2 aliphatic rings. The van der Waals surface area contributed by atoms with E-state index in [0.29, 0.717) is 5.92 Å². The maximum atomic E-state index is 9.42. The van der Waals surface area contributed by atoms with Gasteiger partial charge in [-0.2, -0.15) is 0 Å². The van der Waals surface area contributed by atoms with Crippen LogP contribution in [0.5, 0.6) is 0 Å². The Morgan fingerprint density at radius 1 is 1.30 bits per heavy atom. The second-order valence-corrected chi connectivity index (χ2v) is 6.94. The first-order valence-electron chi connectivity index (χ1n) is 8.70. The molecule has 2 atom stereocenters. The molecule has 0 aliphatic carbocycles. The molecule has 1 aromatic heterocycles. The first-order valence-corrected chi connectivity index (χ1v) is 8.70. The van der Waals surface area contributed by atoms with Crippen molar-refractivity contribution in [3.05, 3.63) is 12.4 Å². The van der Waals surface area contributed by atoms with Gasteiger partial charge in [0.2, 0.25) is 0 Å². The Morgan fingerprint density at radius 3 is 2.83 bits per heavy atom. The van der Waals surface area contributed by atoms with Crippen LogP contribution in [0.15, 0.2) is 12.4 Å². The molecule has 0 bridgehead atoms. The van der Waals surface area contributed by atoms with E-state index < -0.39 is 0 Å². The Morgan fingerprint density at radius 2 is 2.09 bits per heavy atom. The van der Waals surface area contributed by atoms with E-state index in [9.17, 15) is 5.11 Å². The molecule has 0 radical (unpaired) electrons. The van der Waals surface area contributed by atoms with Gasteiger partial charge in [0.1, 0.15) is 18.0 Å². The zero-order chi connectivity index (χ0) is 16.3. The Labute approximate surface area is 138 Å². The number of piperidine rings is 1. The minimum Gasteiger partial charge on any atom is -0.396 e. The molecular weight excluding hydrogens is 292 g/mol. The van der Waals surface area contributed by atoms with Gasteiger partial charge in [-0.15, -0.1) is 0 Å². The summed E-state index contributed by atoms with van der Waals surface area (Å²) < 4.78 is 5.92. The van der Waals surface area contributed by atoms with Crippen LogP contribution in [0.4, 0.5) is 11.6 Å². The van der Waals surface area contributed by atoms with E-state index in [1.807, 2.05) is 0 Å². The van der Waals surface area contributed by atoms with Crippen molar-refractivity contribution in [2.24, 2.45) is 5.92 Å². The minimum atomic E-state index is -0.101. The number of aromatic nitrogens is 2. The third kappa shape index (κ3) is 3.75. The van der Waals surface area contributed by atoms with Gasteiger partial charge >= 0.3 is 0 Å². The number of nitrogens with zero attached hydrogens (tertiary/aromatic N) is 4. The largest absolute Gasteiger partial charge is 0.396 e. The average Bonchev–Trinajstić information content (AvgIpc) is 2.62. The number of morpholine rings is 1. The van der Waals surface area contributed by atoms with Crippen molar-refractivity contribution in [3.63, 3.8) is 0 Å². The number of rotatable bonds is 4. The SMILES string of the molecule is CCC1(C)CN(c2cc(N3CCCC(CO)C3)ncn2)CCO1. The summed E-state index contributed by atoms with van der Waals surface area (Å²) in [6.07, 6.45) is 4.86. The molecule has 2 aliphatic heterocycles. The van der Waals surface area contributed by atoms with Gasteiger partial charge in [0.25, 0.3) is 0 Å². The summed E-state index contributed by atoms with van der Waals surface area (Å²) >= 11 is 0. The second kappa shape index (κ2) is 7.01. The highest BCUT2D eigenvalue weighted by atomic mass is 16.5. The van der Waals surface area contributed by atoms with Crippen molar-refractivity contribution in [2.45, 2.75) is 38.7 Å². The average molecular weight is 320 g/mol. The fourth-order valence-electron chi connectivity index (χ4n) is 3.45. The molecule has 2 fully saturated rings. The van der Waals surface area contributed by atoms with Crippen LogP contribution in [-0.4, -0.2) is 60.1 Å². The normalized spacial score (nSPS) is 28.9. The van der Waals surface area contributed by atoms with E-state index >= 15 is 0 Å². The maximum absolute atomic E-state index is 9.42. The van der Waals surface area contributed by atoms with Crippen molar-refractivity contribution >= 4 is 11.6 Å². The van der Waals surface area contributed by atoms with Gasteiger partial charge < -0.3 is 19.6 Å². The Hall–Kier alpha value is -1.40. The summed E-state index contributed by atoms with van der Waals surface area (Å²) in [7, 11) is 0. The number of aliphatic hydroxyl groups excluding tert-OH is 1. The van der Waals surface area contributed by atoms with Crippen LogP contribution >= 0.6 is 0 Å². The topological polar surface area (TPSA) is 61.7 Å². The lowest BCUT2D eigenvalue weighted by Crippen LogP contribution is -2.50. The van der Waals surface area contributed by atoms with E-state index in [1.54, 1.807) is 6.33 Å². The minimum absolute atomic E-state index is 0.101. The molecule has 0 amide bonds. The molecule has 0 spiro atoms. The number of hydrogen-bond acceptors (Lipinski definition) is 6. The monoisotopic (exact) mass is 320 g/mol. The molecule has 23 heavy (non-hydrogen) atoms. The Balaban J connectivity index is 1.74. The van der Waals surface area contributed by atoms with Crippen LogP contribution < -0.4 is 9.80 Å². The summed E-state index contributed by atoms with van der Waals surface area (Å²) in [4.78, 5) is 13.5. The number of aliphatic hydroxyl groups is 1. The van der Waals surface area contributed by atoms with Gasteiger partial charge in [-0.05, 0) is 32.1 Å². The molecule has 128 valence electrons. The van der Waals surface area contributed by atoms with Crippen molar-refractivity contribution in [2.75, 3.05) is 49.2 Å². The van der Waals surface area contributed by atoms with Crippen LogP contribution in [0.2, 0.25) is 0 Å². The van der Waals surface area contributed by atoms with E-state index in [1.165, 1.54) is 0 Å². The molecule has 1 N–H and O–H groups in total. The van der Waals surface area contributed by atoms with Gasteiger partial charge in [-0.1, -0.05) is 6.92 Å². The van der Waals surface area contributed by atoms with E-state index in [0.717, 1.165) is 63.7 Å². The first kappa shape index (κ1) is 16.5. The predicted octanol–water partition coefficient (Wildman–Crippen LogP) is 1.69. The molecule has 2 unspecified atom stereocenters. The second-order valence-electron chi connectivity index (χ2n) is 6.94. The maximum Gasteiger partial charge on any atom is 0.134 e. The van der Waals surface area contributed by atoms with E-state index in [4.69, 9.17) is 4.74 Å². The Kier molecular flexibility index (Phi) is 5.02. The first-order chi connectivity index (χ1) is 11.1. The highest BCUT2D eigenvalue weighted by molar-refractivity contribution is 5.51. The quantitative estimate of drug-likeness (QED) is 0.911. The lowest BCUT2D eigenvalue weighted by Gasteiger charge is -2.41. The molecule has 6 heteroatoms. The van der Waals surface area contributed by atoms with Gasteiger partial charge in [0, 0.05) is 38.9 Å². The standard InChI is InChI=1S/C17H28N4O2/c1-3-17(2)12-21(7-8-23-17)16-9-15(18-13-19-16)20-6-4-5-14(10-20)11-22/h9,13-14,22H,3-8,10-12H2,1-2H3. The third-order valence-corrected chi connectivity index (χ3v) is 5.15. The zero-order valence-corrected chi connectivity index (χ0v) is 14.2. The lowest BCUT2D eigenvalue weighted by atomic mass is 9.99. The fourth-order valence-corrected chi connectivity index (χ4v) is 3.45. The molecule has 0 aromatic carbocycles.